The number of nitrogens with zero attached hydrogens (tertiary/aromatic N) is 1. The van der Waals surface area contributed by atoms with Gasteiger partial charge in [0.25, 0.3) is 11.6 Å². The second-order valence-electron chi connectivity index (χ2n) is 5.34. The van der Waals surface area contributed by atoms with Crippen LogP contribution in [0, 0.1) is 10.1 Å². The first-order chi connectivity index (χ1) is 11.3. The summed E-state index contributed by atoms with van der Waals surface area (Å²) >= 11 is 0. The van der Waals surface area contributed by atoms with E-state index in [2.05, 4.69) is 5.32 Å². The zero-order valence-electron chi connectivity index (χ0n) is 12.9. The van der Waals surface area contributed by atoms with Gasteiger partial charge >= 0.3 is 0 Å². The van der Waals surface area contributed by atoms with Crippen molar-refractivity contribution in [3.8, 4) is 0 Å². The van der Waals surface area contributed by atoms with Crippen molar-refractivity contribution in [3.05, 3.63) is 75.3 Å². The van der Waals surface area contributed by atoms with Crippen molar-refractivity contribution in [2.24, 2.45) is 0 Å². The molecule has 1 amide bonds. The molecule has 0 bridgehead atoms. The van der Waals surface area contributed by atoms with Crippen molar-refractivity contribution >= 4 is 21.4 Å². The van der Waals surface area contributed by atoms with Gasteiger partial charge in [-0.2, -0.15) is 0 Å². The number of carbonyl (C=O) groups excluding carboxylic acids is 1. The molecule has 0 unspecified atom stereocenters. The first kappa shape index (κ1) is 17.6. The molecule has 0 radical (unpaired) electrons. The van der Waals surface area contributed by atoms with Gasteiger partial charge in [0, 0.05) is 30.0 Å². The van der Waals surface area contributed by atoms with E-state index >= 15 is 0 Å². The average molecular weight is 348 g/mol. The Balaban J connectivity index is 2.04. The predicted molar refractivity (Wildman–Crippen MR) is 89.3 cm³/mol. The zero-order valence-corrected chi connectivity index (χ0v) is 13.7. The fraction of sp³-hybridized carbons (Fsp3) is 0.188. The molecule has 0 aromatic heterocycles. The van der Waals surface area contributed by atoms with E-state index in [1.807, 2.05) is 0 Å². The minimum Gasteiger partial charge on any atom is -0.348 e. The molecule has 0 spiro atoms. The Kier molecular flexibility index (Phi) is 5.30. The van der Waals surface area contributed by atoms with Crippen LogP contribution in [-0.2, 0) is 22.1 Å². The predicted octanol–water partition coefficient (Wildman–Crippen LogP) is 2.07. The summed E-state index contributed by atoms with van der Waals surface area (Å²) in [5.74, 6) is -0.482. The number of hydrogen-bond donors (Lipinski definition) is 1. The smallest absolute Gasteiger partial charge is 0.274 e. The molecule has 2 aromatic carbocycles. The quantitative estimate of drug-likeness (QED) is 0.635. The van der Waals surface area contributed by atoms with Gasteiger partial charge in [0.15, 0.2) is 9.84 Å². The molecule has 8 heteroatoms. The van der Waals surface area contributed by atoms with Crippen molar-refractivity contribution in [2.75, 3.05) is 6.26 Å². The largest absolute Gasteiger partial charge is 0.348 e. The van der Waals surface area contributed by atoms with Gasteiger partial charge in [-0.3, -0.25) is 14.9 Å². The standard InChI is InChI=1S/C16H16N2O5S/c1-24(22,23)11-12-6-8-13(9-7-12)16(19)17-10-14-4-2-3-5-15(14)18(20)21/h2-9H,10-11H2,1H3,(H,17,19). The van der Waals surface area contributed by atoms with E-state index in [-0.39, 0.29) is 23.9 Å². The summed E-state index contributed by atoms with van der Waals surface area (Å²) in [5, 5.41) is 13.5. The Morgan fingerprint density at radius 2 is 1.75 bits per heavy atom. The number of carbonyl (C=O) groups is 1. The third kappa shape index (κ3) is 4.88. The Morgan fingerprint density at radius 3 is 2.33 bits per heavy atom. The molecule has 0 aliphatic carbocycles. The summed E-state index contributed by atoms with van der Waals surface area (Å²) in [7, 11) is -3.13. The first-order valence-electron chi connectivity index (χ1n) is 7.03. The molecular formula is C16H16N2O5S. The van der Waals surface area contributed by atoms with Crippen molar-refractivity contribution in [3.63, 3.8) is 0 Å². The summed E-state index contributed by atoms with van der Waals surface area (Å²) in [6, 6.07) is 12.4. The summed E-state index contributed by atoms with van der Waals surface area (Å²) < 4.78 is 22.5. The summed E-state index contributed by atoms with van der Waals surface area (Å²) in [4.78, 5) is 22.5. The van der Waals surface area contributed by atoms with Crippen molar-refractivity contribution in [1.82, 2.24) is 5.32 Å². The SMILES string of the molecule is CS(=O)(=O)Cc1ccc(C(=O)NCc2ccccc2[N+](=O)[O-])cc1. The van der Waals surface area contributed by atoms with E-state index < -0.39 is 14.8 Å². The monoisotopic (exact) mass is 348 g/mol. The summed E-state index contributed by atoms with van der Waals surface area (Å²) in [6.45, 7) is 0.0288. The van der Waals surface area contributed by atoms with Crippen LogP contribution in [0.2, 0.25) is 0 Å². The number of hydrogen-bond acceptors (Lipinski definition) is 5. The van der Waals surface area contributed by atoms with Gasteiger partial charge in [-0.15, -0.1) is 0 Å². The van der Waals surface area contributed by atoms with E-state index in [0.29, 0.717) is 16.7 Å². The van der Waals surface area contributed by atoms with Crippen molar-refractivity contribution < 1.29 is 18.1 Å². The maximum Gasteiger partial charge on any atom is 0.274 e. The minimum atomic E-state index is -3.13. The van der Waals surface area contributed by atoms with Crippen LogP contribution in [0.15, 0.2) is 48.5 Å². The number of nitrogens with one attached hydrogen (secondary N) is 1. The number of amides is 1. The Bertz CT molecular complexity index is 860. The third-order valence-corrected chi connectivity index (χ3v) is 4.13. The van der Waals surface area contributed by atoms with Crippen LogP contribution >= 0.6 is 0 Å². The molecule has 0 saturated carbocycles. The van der Waals surface area contributed by atoms with Crippen molar-refractivity contribution in [2.45, 2.75) is 12.3 Å². The number of benzene rings is 2. The number of nitro groups is 1. The van der Waals surface area contributed by atoms with Gasteiger partial charge in [-0.25, -0.2) is 8.42 Å². The lowest BCUT2D eigenvalue weighted by molar-refractivity contribution is -0.385. The molecule has 126 valence electrons. The fourth-order valence-electron chi connectivity index (χ4n) is 2.17. The molecule has 2 rings (SSSR count). The summed E-state index contributed by atoms with van der Waals surface area (Å²) in [5.41, 5.74) is 1.30. The van der Waals surface area contributed by atoms with E-state index in [9.17, 15) is 23.3 Å². The lowest BCUT2D eigenvalue weighted by Gasteiger charge is -2.07. The van der Waals surface area contributed by atoms with Crippen LogP contribution in [0.4, 0.5) is 5.69 Å². The van der Waals surface area contributed by atoms with Gasteiger partial charge < -0.3 is 5.32 Å². The van der Waals surface area contributed by atoms with Gasteiger partial charge in [0.05, 0.1) is 10.7 Å². The molecular weight excluding hydrogens is 332 g/mol. The second-order valence-corrected chi connectivity index (χ2v) is 7.48. The lowest BCUT2D eigenvalue weighted by Crippen LogP contribution is -2.23. The van der Waals surface area contributed by atoms with Crippen LogP contribution in [0.1, 0.15) is 21.5 Å². The maximum absolute atomic E-state index is 12.1. The van der Waals surface area contributed by atoms with Gasteiger partial charge in [-0.05, 0) is 17.7 Å². The first-order valence-corrected chi connectivity index (χ1v) is 9.09. The average Bonchev–Trinajstić information content (AvgIpc) is 2.52. The van der Waals surface area contributed by atoms with E-state index in [0.717, 1.165) is 6.26 Å². The van der Waals surface area contributed by atoms with E-state index in [4.69, 9.17) is 0 Å². The minimum absolute atomic E-state index is 0.0288. The van der Waals surface area contributed by atoms with Gasteiger partial charge in [0.1, 0.15) is 0 Å². The van der Waals surface area contributed by atoms with Crippen LogP contribution in [-0.4, -0.2) is 25.5 Å². The molecule has 0 saturated heterocycles. The molecule has 1 N–H and O–H groups in total. The molecule has 0 atom stereocenters. The fourth-order valence-corrected chi connectivity index (χ4v) is 2.97. The van der Waals surface area contributed by atoms with Crippen LogP contribution in [0.25, 0.3) is 0 Å². The number of rotatable bonds is 6. The molecule has 24 heavy (non-hydrogen) atoms. The second kappa shape index (κ2) is 7.22. The molecule has 0 fully saturated rings. The highest BCUT2D eigenvalue weighted by Gasteiger charge is 2.14. The van der Waals surface area contributed by atoms with Crippen molar-refractivity contribution in [1.29, 1.82) is 0 Å². The topological polar surface area (TPSA) is 106 Å². The Hall–Kier alpha value is -2.74. The molecule has 0 heterocycles. The Morgan fingerprint density at radius 1 is 1.12 bits per heavy atom. The highest BCUT2D eigenvalue weighted by molar-refractivity contribution is 7.89. The van der Waals surface area contributed by atoms with Crippen LogP contribution in [0.3, 0.4) is 0 Å². The van der Waals surface area contributed by atoms with Gasteiger partial charge in [0.2, 0.25) is 0 Å². The van der Waals surface area contributed by atoms with E-state index in [1.54, 1.807) is 30.3 Å². The summed E-state index contributed by atoms with van der Waals surface area (Å²) in [6.07, 6.45) is 1.14. The molecule has 7 nitrogen and oxygen atoms in total. The molecule has 0 aliphatic rings. The maximum atomic E-state index is 12.1. The molecule has 0 aliphatic heterocycles. The number of sulfone groups is 1. The van der Waals surface area contributed by atoms with Gasteiger partial charge in [-0.1, -0.05) is 30.3 Å². The highest BCUT2D eigenvalue weighted by Crippen LogP contribution is 2.17. The lowest BCUT2D eigenvalue weighted by atomic mass is 10.1. The van der Waals surface area contributed by atoms with Crippen LogP contribution in [0.5, 0.6) is 0 Å². The highest BCUT2D eigenvalue weighted by atomic mass is 32.2. The number of nitro benzene ring substituents is 1. The van der Waals surface area contributed by atoms with E-state index in [1.165, 1.54) is 18.2 Å². The normalized spacial score (nSPS) is 11.0. The Labute approximate surface area is 139 Å². The van der Waals surface area contributed by atoms with Crippen LogP contribution < -0.4 is 5.32 Å². The third-order valence-electron chi connectivity index (χ3n) is 3.27. The number of para-hydroxylation sites is 1. The molecule has 2 aromatic rings. The zero-order chi connectivity index (χ0) is 17.7.